The second-order valence-corrected chi connectivity index (χ2v) is 12.9. The lowest BCUT2D eigenvalue weighted by Gasteiger charge is -2.34. The van der Waals surface area contributed by atoms with Gasteiger partial charge in [0.15, 0.2) is 0 Å². The zero-order valence-electron chi connectivity index (χ0n) is 23.1. The van der Waals surface area contributed by atoms with Crippen LogP contribution < -0.4 is 14.2 Å². The highest BCUT2D eigenvalue weighted by atomic mass is 32.3. The number of benzene rings is 3. The molecular formula is C32H36O7S. The maximum Gasteiger partial charge on any atom is 0.304 e. The van der Waals surface area contributed by atoms with Gasteiger partial charge in [-0.1, -0.05) is 30.3 Å². The Hall–Kier alpha value is -3.46. The third-order valence-electron chi connectivity index (χ3n) is 7.53. The molecule has 212 valence electrons. The van der Waals surface area contributed by atoms with Gasteiger partial charge in [0.2, 0.25) is 0 Å². The molecule has 3 aromatic rings. The van der Waals surface area contributed by atoms with Gasteiger partial charge in [-0.2, -0.15) is 10.6 Å². The highest BCUT2D eigenvalue weighted by molar-refractivity contribution is 8.27. The van der Waals surface area contributed by atoms with Crippen molar-refractivity contribution in [2.75, 3.05) is 12.9 Å². The number of carbonyl (C=O) groups is 1. The molecule has 5 rings (SSSR count). The first-order chi connectivity index (χ1) is 19.1. The van der Waals surface area contributed by atoms with Crippen LogP contribution in [0.25, 0.3) is 11.1 Å². The van der Waals surface area contributed by atoms with Gasteiger partial charge in [0.1, 0.15) is 30.0 Å². The molecule has 3 aromatic carbocycles. The summed E-state index contributed by atoms with van der Waals surface area (Å²) < 4.78 is 37.9. The fraction of sp³-hybridized carbons (Fsp3) is 0.344. The van der Waals surface area contributed by atoms with Gasteiger partial charge in [-0.05, 0) is 78.8 Å². The summed E-state index contributed by atoms with van der Waals surface area (Å²) in [7, 11) is -2.63. The Kier molecular flexibility index (Phi) is 8.12. The number of rotatable bonds is 9. The van der Waals surface area contributed by atoms with Crippen molar-refractivity contribution in [3.63, 3.8) is 0 Å². The van der Waals surface area contributed by atoms with Gasteiger partial charge in [-0.3, -0.25) is 13.9 Å². The first-order valence-electron chi connectivity index (χ1n) is 13.5. The Bertz CT molecular complexity index is 1420. The molecule has 8 heteroatoms. The fourth-order valence-electron chi connectivity index (χ4n) is 5.59. The molecule has 0 fully saturated rings. The van der Waals surface area contributed by atoms with E-state index in [1.54, 1.807) is 0 Å². The maximum absolute atomic E-state index is 11.1. The van der Waals surface area contributed by atoms with Crippen LogP contribution in [0.15, 0.2) is 65.6 Å². The minimum Gasteiger partial charge on any atom is -0.492 e. The Morgan fingerprint density at radius 1 is 1.05 bits per heavy atom. The summed E-state index contributed by atoms with van der Waals surface area (Å²) >= 11 is 0. The van der Waals surface area contributed by atoms with Gasteiger partial charge in [0.25, 0.3) is 0 Å². The number of carboxylic acids is 1. The molecule has 2 unspecified atom stereocenters. The van der Waals surface area contributed by atoms with E-state index in [2.05, 4.69) is 38.1 Å². The maximum atomic E-state index is 11.1. The van der Waals surface area contributed by atoms with Crippen molar-refractivity contribution >= 4 is 16.6 Å². The summed E-state index contributed by atoms with van der Waals surface area (Å²) in [6, 6.07) is 18.1. The number of hydrogen-bond acceptors (Lipinski definition) is 6. The van der Waals surface area contributed by atoms with E-state index in [0.29, 0.717) is 37.6 Å². The van der Waals surface area contributed by atoms with Gasteiger partial charge in [-0.25, -0.2) is 0 Å². The Balaban J connectivity index is 1.25. The number of hydrogen-bond donors (Lipinski definition) is 3. The van der Waals surface area contributed by atoms with Gasteiger partial charge in [0, 0.05) is 35.1 Å². The van der Waals surface area contributed by atoms with E-state index < -0.39 is 16.6 Å². The van der Waals surface area contributed by atoms with Crippen molar-refractivity contribution in [2.24, 2.45) is 0 Å². The standard InChI is InChI=1S/C32H36O7S/c1-20-13-27(39-25-7-10-28(11-8-25)40(3,35)36)14-21(2)32(20)23-6-4-5-22(15-23)18-37-26-9-12-29-24(16-31(33)34)19-38-30(29)17-26/h4-6,9-10,12-15,17,24-25,35-36H,7-8,11,16,18-19H2,1-3H3,(H,33,34). The number of aliphatic carboxylic acids is 1. The van der Waals surface area contributed by atoms with Crippen LogP contribution in [-0.4, -0.2) is 39.1 Å². The topological polar surface area (TPSA) is 105 Å². The number of carboxylic acid groups (broad SMARTS) is 1. The molecule has 0 saturated heterocycles. The van der Waals surface area contributed by atoms with Gasteiger partial charge in [0.05, 0.1) is 13.0 Å². The summed E-state index contributed by atoms with van der Waals surface area (Å²) in [5.74, 6) is 1.25. The molecule has 0 aromatic heterocycles. The zero-order chi connectivity index (χ0) is 28.4. The first kappa shape index (κ1) is 28.1. The Morgan fingerprint density at radius 3 is 2.50 bits per heavy atom. The van der Waals surface area contributed by atoms with E-state index in [1.807, 2.05) is 36.4 Å². The number of allylic oxidation sites excluding steroid dienone is 1. The summed E-state index contributed by atoms with van der Waals surface area (Å²) in [6.07, 6.45) is 5.53. The predicted octanol–water partition coefficient (Wildman–Crippen LogP) is 7.70. The van der Waals surface area contributed by atoms with Crippen LogP contribution >= 0.6 is 10.6 Å². The summed E-state index contributed by atoms with van der Waals surface area (Å²) in [5.41, 5.74) is 6.46. The molecular weight excluding hydrogens is 528 g/mol. The number of ether oxygens (including phenoxy) is 3. The molecule has 0 radical (unpaired) electrons. The molecule has 7 nitrogen and oxygen atoms in total. The molecule has 3 N–H and O–H groups in total. The molecule has 1 aliphatic heterocycles. The lowest BCUT2D eigenvalue weighted by molar-refractivity contribution is -0.137. The average Bonchev–Trinajstić information content (AvgIpc) is 3.28. The molecule has 1 heterocycles. The van der Waals surface area contributed by atoms with E-state index in [1.165, 1.54) is 6.26 Å². The predicted molar refractivity (Wildman–Crippen MR) is 158 cm³/mol. The van der Waals surface area contributed by atoms with Crippen LogP contribution in [0.5, 0.6) is 17.2 Å². The van der Waals surface area contributed by atoms with Crippen molar-refractivity contribution in [1.29, 1.82) is 0 Å². The third-order valence-corrected chi connectivity index (χ3v) is 8.90. The Morgan fingerprint density at radius 2 is 1.82 bits per heavy atom. The van der Waals surface area contributed by atoms with E-state index in [0.717, 1.165) is 50.5 Å². The van der Waals surface area contributed by atoms with Crippen LogP contribution in [0.2, 0.25) is 0 Å². The highest BCUT2D eigenvalue weighted by Crippen LogP contribution is 2.48. The monoisotopic (exact) mass is 564 g/mol. The van der Waals surface area contributed by atoms with E-state index in [9.17, 15) is 13.9 Å². The van der Waals surface area contributed by atoms with Crippen LogP contribution in [-0.2, 0) is 11.4 Å². The van der Waals surface area contributed by atoms with Gasteiger partial charge < -0.3 is 19.3 Å². The van der Waals surface area contributed by atoms with Gasteiger partial charge in [-0.15, -0.1) is 0 Å². The molecule has 2 aliphatic rings. The number of aryl methyl sites for hydroxylation is 2. The molecule has 1 aliphatic carbocycles. The molecule has 0 bridgehead atoms. The third kappa shape index (κ3) is 6.46. The van der Waals surface area contributed by atoms with Gasteiger partial charge >= 0.3 is 5.97 Å². The lowest BCUT2D eigenvalue weighted by atomic mass is 9.94. The first-order valence-corrected chi connectivity index (χ1v) is 15.4. The normalized spacial score (nSPS) is 18.9. The van der Waals surface area contributed by atoms with E-state index in [4.69, 9.17) is 19.3 Å². The van der Waals surface area contributed by atoms with Crippen LogP contribution in [0.3, 0.4) is 0 Å². The molecule has 0 spiro atoms. The summed E-state index contributed by atoms with van der Waals surface area (Å²) in [6.45, 7) is 4.95. The van der Waals surface area contributed by atoms with Crippen molar-refractivity contribution in [2.45, 2.75) is 58.2 Å². The SMILES string of the molecule is Cc1cc(OC2CC=C(S(C)(O)O)CC2)cc(C)c1-c1cccc(COc2ccc3c(c2)OCC3CC(=O)O)c1. The molecule has 0 saturated carbocycles. The smallest absolute Gasteiger partial charge is 0.304 e. The quantitative estimate of drug-likeness (QED) is 0.245. The minimum atomic E-state index is -2.63. The largest absolute Gasteiger partial charge is 0.492 e. The minimum absolute atomic E-state index is 0.0169. The second-order valence-electron chi connectivity index (χ2n) is 10.7. The molecule has 0 amide bonds. The second kappa shape index (κ2) is 11.6. The van der Waals surface area contributed by atoms with Crippen molar-refractivity contribution < 1.29 is 33.2 Å². The van der Waals surface area contributed by atoms with Crippen LogP contribution in [0.1, 0.15) is 53.9 Å². The Labute approximate surface area is 236 Å². The van der Waals surface area contributed by atoms with Crippen molar-refractivity contribution in [3.8, 4) is 28.4 Å². The summed E-state index contributed by atoms with van der Waals surface area (Å²) in [4.78, 5) is 11.8. The van der Waals surface area contributed by atoms with Crippen molar-refractivity contribution in [3.05, 3.63) is 87.8 Å². The van der Waals surface area contributed by atoms with Crippen LogP contribution in [0.4, 0.5) is 0 Å². The fourth-order valence-corrected chi connectivity index (χ4v) is 6.51. The van der Waals surface area contributed by atoms with Crippen LogP contribution in [0, 0.1) is 13.8 Å². The molecule has 2 atom stereocenters. The highest BCUT2D eigenvalue weighted by Gasteiger charge is 2.27. The van der Waals surface area contributed by atoms with Crippen molar-refractivity contribution in [1.82, 2.24) is 0 Å². The van der Waals surface area contributed by atoms with E-state index in [-0.39, 0.29) is 18.4 Å². The zero-order valence-corrected chi connectivity index (χ0v) is 23.9. The average molecular weight is 565 g/mol. The number of fused-ring (bicyclic) bond motifs is 1. The summed E-state index contributed by atoms with van der Waals surface area (Å²) in [5, 5.41) is 9.11. The van der Waals surface area contributed by atoms with E-state index >= 15 is 0 Å². The lowest BCUT2D eigenvalue weighted by Crippen LogP contribution is -2.20. The molecule has 40 heavy (non-hydrogen) atoms.